The first kappa shape index (κ1) is 13.7. The summed E-state index contributed by atoms with van der Waals surface area (Å²) >= 11 is 0. The molecule has 2 saturated heterocycles. The summed E-state index contributed by atoms with van der Waals surface area (Å²) in [7, 11) is 0. The largest absolute Gasteiger partial charge is 0.352 e. The summed E-state index contributed by atoms with van der Waals surface area (Å²) in [4.78, 5) is 24.5. The molecule has 1 aromatic carbocycles. The number of nitrogens with zero attached hydrogens (tertiary/aromatic N) is 1. The number of amides is 1. The molecule has 0 N–H and O–H groups in total. The van der Waals surface area contributed by atoms with Crippen molar-refractivity contribution in [2.75, 3.05) is 6.61 Å². The lowest BCUT2D eigenvalue weighted by atomic mass is 10.1. The highest BCUT2D eigenvalue weighted by molar-refractivity contribution is 5.94. The predicted molar refractivity (Wildman–Crippen MR) is 71.3 cm³/mol. The fourth-order valence-corrected chi connectivity index (χ4v) is 2.61. The smallest absolute Gasteiger partial charge is 0.235 e. The van der Waals surface area contributed by atoms with Gasteiger partial charge in [0.2, 0.25) is 5.91 Å². The first-order valence-corrected chi connectivity index (χ1v) is 6.75. The van der Waals surface area contributed by atoms with Crippen molar-refractivity contribution in [3.05, 3.63) is 35.9 Å². The van der Waals surface area contributed by atoms with Gasteiger partial charge in [-0.25, -0.2) is 0 Å². The minimum Gasteiger partial charge on any atom is -0.352 e. The van der Waals surface area contributed by atoms with Gasteiger partial charge in [0.05, 0.1) is 18.6 Å². The molecule has 2 fully saturated rings. The van der Waals surface area contributed by atoms with Crippen LogP contribution in [0.3, 0.4) is 0 Å². The summed E-state index contributed by atoms with van der Waals surface area (Å²) in [6.45, 7) is 4.52. The second-order valence-corrected chi connectivity index (χ2v) is 4.47. The van der Waals surface area contributed by atoms with Gasteiger partial charge in [0, 0.05) is 5.56 Å². The number of hydrogen-bond donors (Lipinski definition) is 0. The average Bonchev–Trinajstić information content (AvgIpc) is 3.03. The second kappa shape index (κ2) is 5.97. The van der Waals surface area contributed by atoms with Crippen LogP contribution >= 0.6 is 0 Å². The summed E-state index contributed by atoms with van der Waals surface area (Å²) in [6.07, 6.45) is 1.02. The van der Waals surface area contributed by atoms with Crippen molar-refractivity contribution in [1.82, 2.24) is 4.90 Å². The molecule has 4 heteroatoms. The number of rotatable bonds is 2. The van der Waals surface area contributed by atoms with E-state index in [2.05, 4.69) is 0 Å². The van der Waals surface area contributed by atoms with Crippen molar-refractivity contribution in [3.8, 4) is 0 Å². The van der Waals surface area contributed by atoms with Crippen molar-refractivity contribution < 1.29 is 14.3 Å². The lowest BCUT2D eigenvalue weighted by Crippen LogP contribution is -2.32. The fourth-order valence-electron chi connectivity index (χ4n) is 2.61. The van der Waals surface area contributed by atoms with E-state index in [1.165, 1.54) is 0 Å². The summed E-state index contributed by atoms with van der Waals surface area (Å²) < 4.78 is 5.66. The molecule has 3 atom stereocenters. The molecule has 0 spiro atoms. The highest BCUT2D eigenvalue weighted by Crippen LogP contribution is 2.38. The Hall–Kier alpha value is -1.68. The zero-order valence-corrected chi connectivity index (χ0v) is 11.3. The molecule has 1 amide bonds. The van der Waals surface area contributed by atoms with Gasteiger partial charge in [-0.1, -0.05) is 44.2 Å². The maximum Gasteiger partial charge on any atom is 0.235 e. The molecule has 3 rings (SSSR count). The predicted octanol–water partition coefficient (Wildman–Crippen LogP) is 2.16. The van der Waals surface area contributed by atoms with E-state index in [0.717, 1.165) is 11.8 Å². The van der Waals surface area contributed by atoms with Gasteiger partial charge < -0.3 is 14.4 Å². The molecule has 1 aromatic rings. The number of aldehydes is 1. The van der Waals surface area contributed by atoms with Crippen molar-refractivity contribution >= 4 is 12.2 Å². The van der Waals surface area contributed by atoms with Crippen LogP contribution in [0.4, 0.5) is 0 Å². The van der Waals surface area contributed by atoms with E-state index in [4.69, 9.17) is 4.74 Å². The number of hydrogen-bond acceptors (Lipinski definition) is 3. The molecule has 102 valence electrons. The molecule has 19 heavy (non-hydrogen) atoms. The standard InChI is InChI=1S/C13H13NO3.C2H6/c15-7-10-6-11-8-17-13(14(11)12(10)16)9-4-2-1-3-5-9;1-2/h1-5,7,10-11,13H,6,8H2;1-2H3/t10?,11?,13-;/m1./s1. The number of carbonyl (C=O) groups excluding carboxylic acids is 2. The molecule has 4 nitrogen and oxygen atoms in total. The minimum atomic E-state index is -0.477. The van der Waals surface area contributed by atoms with E-state index < -0.39 is 5.92 Å². The molecule has 0 radical (unpaired) electrons. The van der Waals surface area contributed by atoms with Crippen molar-refractivity contribution in [2.24, 2.45) is 5.92 Å². The highest BCUT2D eigenvalue weighted by Gasteiger charge is 2.47. The van der Waals surface area contributed by atoms with Crippen LogP contribution in [-0.2, 0) is 14.3 Å². The Kier molecular flexibility index (Phi) is 4.32. The van der Waals surface area contributed by atoms with Gasteiger partial charge in [-0.2, -0.15) is 0 Å². The van der Waals surface area contributed by atoms with Gasteiger partial charge in [-0.05, 0) is 6.42 Å². The summed E-state index contributed by atoms with van der Waals surface area (Å²) in [5.74, 6) is -0.577. The summed E-state index contributed by atoms with van der Waals surface area (Å²) in [5, 5.41) is 0. The zero-order valence-electron chi connectivity index (χ0n) is 11.3. The van der Waals surface area contributed by atoms with E-state index >= 15 is 0 Å². The van der Waals surface area contributed by atoms with E-state index in [1.807, 2.05) is 44.2 Å². The molecule has 2 unspecified atom stereocenters. The third kappa shape index (κ3) is 2.40. The third-order valence-electron chi connectivity index (χ3n) is 3.44. The molecular weight excluding hydrogens is 242 g/mol. The Labute approximate surface area is 113 Å². The van der Waals surface area contributed by atoms with Crippen molar-refractivity contribution in [3.63, 3.8) is 0 Å². The Morgan fingerprint density at radius 1 is 1.26 bits per heavy atom. The van der Waals surface area contributed by atoms with Gasteiger partial charge >= 0.3 is 0 Å². The number of fused-ring (bicyclic) bond motifs is 1. The maximum absolute atomic E-state index is 12.0. The molecule has 0 saturated carbocycles. The Morgan fingerprint density at radius 3 is 2.58 bits per heavy atom. The highest BCUT2D eigenvalue weighted by atomic mass is 16.5. The molecule has 0 bridgehead atoms. The van der Waals surface area contributed by atoms with E-state index in [1.54, 1.807) is 4.90 Å². The molecule has 2 aliphatic heterocycles. The molecule has 0 aliphatic carbocycles. The van der Waals surface area contributed by atoms with E-state index in [9.17, 15) is 9.59 Å². The monoisotopic (exact) mass is 261 g/mol. The molecular formula is C15H19NO3. The average molecular weight is 261 g/mol. The molecule has 2 aliphatic rings. The lowest BCUT2D eigenvalue weighted by molar-refractivity contribution is -0.139. The molecule has 2 heterocycles. The van der Waals surface area contributed by atoms with Gasteiger partial charge in [0.15, 0.2) is 6.23 Å². The number of benzene rings is 1. The number of ether oxygens (including phenoxy) is 1. The number of carbonyl (C=O) groups is 2. The fraction of sp³-hybridized carbons (Fsp3) is 0.467. The van der Waals surface area contributed by atoms with Gasteiger partial charge in [-0.3, -0.25) is 4.79 Å². The normalized spacial score (nSPS) is 28.6. The topological polar surface area (TPSA) is 46.6 Å². The second-order valence-electron chi connectivity index (χ2n) is 4.47. The quantitative estimate of drug-likeness (QED) is 0.605. The van der Waals surface area contributed by atoms with Crippen LogP contribution in [0.1, 0.15) is 32.1 Å². The minimum absolute atomic E-state index is 0.0582. The van der Waals surface area contributed by atoms with Crippen LogP contribution < -0.4 is 0 Å². The van der Waals surface area contributed by atoms with Gasteiger partial charge in [0.25, 0.3) is 0 Å². The Morgan fingerprint density at radius 2 is 1.95 bits per heavy atom. The van der Waals surface area contributed by atoms with Gasteiger partial charge in [-0.15, -0.1) is 0 Å². The van der Waals surface area contributed by atoms with E-state index in [-0.39, 0.29) is 18.2 Å². The van der Waals surface area contributed by atoms with Crippen LogP contribution in [0.5, 0.6) is 0 Å². The van der Waals surface area contributed by atoms with Crippen molar-refractivity contribution in [1.29, 1.82) is 0 Å². The summed E-state index contributed by atoms with van der Waals surface area (Å²) in [6, 6.07) is 9.70. The maximum atomic E-state index is 12.0. The third-order valence-corrected chi connectivity index (χ3v) is 3.44. The van der Waals surface area contributed by atoms with Crippen LogP contribution in [0.15, 0.2) is 30.3 Å². The van der Waals surface area contributed by atoms with Crippen LogP contribution in [0, 0.1) is 5.92 Å². The zero-order chi connectivity index (χ0) is 13.8. The van der Waals surface area contributed by atoms with Crippen molar-refractivity contribution in [2.45, 2.75) is 32.5 Å². The van der Waals surface area contributed by atoms with E-state index in [0.29, 0.717) is 13.0 Å². The van der Waals surface area contributed by atoms with Crippen LogP contribution in [0.25, 0.3) is 0 Å². The first-order chi connectivity index (χ1) is 9.31. The SMILES string of the molecule is CC.O=CC1CC2CO[C@H](c3ccccc3)N2C1=O. The van der Waals surface area contributed by atoms with Gasteiger partial charge in [0.1, 0.15) is 6.29 Å². The first-order valence-electron chi connectivity index (χ1n) is 6.75. The van der Waals surface area contributed by atoms with Crippen LogP contribution in [0.2, 0.25) is 0 Å². The Bertz CT molecular complexity index is 446. The Balaban J connectivity index is 0.000000637. The lowest BCUT2D eigenvalue weighted by Gasteiger charge is -2.22. The summed E-state index contributed by atoms with van der Waals surface area (Å²) in [5.41, 5.74) is 0.967. The molecule has 0 aromatic heterocycles. The van der Waals surface area contributed by atoms with Crippen LogP contribution in [-0.4, -0.2) is 29.7 Å².